The predicted molar refractivity (Wildman–Crippen MR) is 48.0 cm³/mol. The van der Waals surface area contributed by atoms with E-state index in [1.807, 2.05) is 0 Å². The van der Waals surface area contributed by atoms with Crippen LogP contribution in [-0.2, 0) is 9.57 Å². The smallest absolute Gasteiger partial charge is 0.231 e. The van der Waals surface area contributed by atoms with Gasteiger partial charge in [0.05, 0.1) is 19.4 Å². The largest absolute Gasteiger partial charge is 0.379 e. The van der Waals surface area contributed by atoms with E-state index in [2.05, 4.69) is 10.6 Å². The average Bonchev–Trinajstić information content (AvgIpc) is 2.54. The Bertz CT molecular complexity index is 195. The van der Waals surface area contributed by atoms with E-state index in [9.17, 15) is 0 Å². The Hall–Kier alpha value is -0.690. The van der Waals surface area contributed by atoms with Gasteiger partial charge in [0.15, 0.2) is 0 Å². The highest BCUT2D eigenvalue weighted by Gasteiger charge is 2.20. The van der Waals surface area contributed by atoms with Crippen molar-refractivity contribution in [3.05, 3.63) is 12.1 Å². The molecular formula is C6H13ClN4O2. The lowest BCUT2D eigenvalue weighted by molar-refractivity contribution is -0.140. The fourth-order valence-electron chi connectivity index (χ4n) is 1.18. The molecule has 0 saturated carbocycles. The zero-order valence-corrected chi connectivity index (χ0v) is 7.92. The molecule has 1 saturated heterocycles. The molecule has 13 heavy (non-hydrogen) atoms. The summed E-state index contributed by atoms with van der Waals surface area (Å²) < 4.78 is 5.20. The summed E-state index contributed by atoms with van der Waals surface area (Å²) in [4.78, 5) is 4.85. The summed E-state index contributed by atoms with van der Waals surface area (Å²) in [6.07, 6.45) is 1.70. The zero-order valence-electron chi connectivity index (χ0n) is 7.10. The number of nitrogens with two attached hydrogens (primary N) is 1. The highest BCUT2D eigenvalue weighted by molar-refractivity contribution is 5.85. The number of morpholine rings is 1. The summed E-state index contributed by atoms with van der Waals surface area (Å²) in [6.45, 7) is 3.18. The molecule has 0 bridgehead atoms. The van der Waals surface area contributed by atoms with Gasteiger partial charge in [-0.2, -0.15) is 5.01 Å². The second-order valence-corrected chi connectivity index (χ2v) is 2.64. The van der Waals surface area contributed by atoms with Gasteiger partial charge < -0.3 is 15.3 Å². The molecule has 2 heterocycles. The van der Waals surface area contributed by atoms with E-state index in [-0.39, 0.29) is 12.4 Å². The Morgan fingerprint density at radius 1 is 1.38 bits per heavy atom. The van der Waals surface area contributed by atoms with Crippen LogP contribution in [0, 0.1) is 0 Å². The van der Waals surface area contributed by atoms with Gasteiger partial charge in [-0.1, -0.05) is 0 Å². The minimum atomic E-state index is 0. The van der Waals surface area contributed by atoms with Gasteiger partial charge in [-0.05, 0) is 5.59 Å². The summed E-state index contributed by atoms with van der Waals surface area (Å²) in [6, 6.07) is 0. The number of hydrazine groups is 2. The minimum absolute atomic E-state index is 0. The van der Waals surface area contributed by atoms with E-state index in [1.54, 1.807) is 11.3 Å². The third-order valence-electron chi connectivity index (χ3n) is 1.80. The molecule has 0 aromatic heterocycles. The molecule has 0 spiro atoms. The molecule has 0 radical (unpaired) electrons. The van der Waals surface area contributed by atoms with Crippen LogP contribution in [0.1, 0.15) is 0 Å². The van der Waals surface area contributed by atoms with Gasteiger partial charge >= 0.3 is 0 Å². The molecule has 0 amide bonds. The molecule has 0 aromatic carbocycles. The normalized spacial score (nSPS) is 23.4. The van der Waals surface area contributed by atoms with Gasteiger partial charge in [-0.3, -0.25) is 0 Å². The molecule has 76 valence electrons. The lowest BCUT2D eigenvalue weighted by Crippen LogP contribution is -2.49. The average molecular weight is 209 g/mol. The van der Waals surface area contributed by atoms with Gasteiger partial charge in [0.1, 0.15) is 0 Å². The fourth-order valence-corrected chi connectivity index (χ4v) is 1.18. The van der Waals surface area contributed by atoms with Crippen molar-refractivity contribution in [1.82, 2.24) is 15.7 Å². The summed E-state index contributed by atoms with van der Waals surface area (Å²) in [5.41, 5.74) is 8.07. The quantitative estimate of drug-likeness (QED) is 0.586. The first-order chi connectivity index (χ1) is 5.86. The van der Waals surface area contributed by atoms with E-state index < -0.39 is 0 Å². The summed E-state index contributed by atoms with van der Waals surface area (Å²) in [7, 11) is 0. The Balaban J connectivity index is 0.000000845. The first-order valence-corrected chi connectivity index (χ1v) is 3.88. The first kappa shape index (κ1) is 10.4. The molecule has 0 aromatic rings. The van der Waals surface area contributed by atoms with Gasteiger partial charge in [0.2, 0.25) is 5.88 Å². The molecule has 3 N–H and O–H groups in total. The maximum Gasteiger partial charge on any atom is 0.231 e. The highest BCUT2D eigenvalue weighted by Crippen LogP contribution is 2.06. The molecule has 2 aliphatic rings. The van der Waals surface area contributed by atoms with Crippen LogP contribution >= 0.6 is 12.4 Å². The zero-order chi connectivity index (χ0) is 8.39. The van der Waals surface area contributed by atoms with Crippen molar-refractivity contribution in [3.63, 3.8) is 0 Å². The number of nitrogens with one attached hydrogen (secondary N) is 1. The first-order valence-electron chi connectivity index (χ1n) is 3.88. The molecule has 0 unspecified atom stereocenters. The lowest BCUT2D eigenvalue weighted by atomic mass is 10.5. The number of hydrogen-bond donors (Lipinski definition) is 2. The number of halogens is 1. The Labute approximate surface area is 82.5 Å². The number of nitrogens with zero attached hydrogens (tertiary/aromatic N) is 2. The van der Waals surface area contributed by atoms with Crippen molar-refractivity contribution in [2.75, 3.05) is 26.3 Å². The maximum absolute atomic E-state index is 5.41. The fraction of sp³-hybridized carbons (Fsp3) is 0.667. The number of ether oxygens (including phenoxy) is 1. The van der Waals surface area contributed by atoms with Gasteiger partial charge in [0.25, 0.3) is 0 Å². The Morgan fingerprint density at radius 2 is 2.08 bits per heavy atom. The molecular weight excluding hydrogens is 196 g/mol. The number of rotatable bonds is 1. The van der Waals surface area contributed by atoms with Crippen molar-refractivity contribution in [2.45, 2.75) is 0 Å². The monoisotopic (exact) mass is 208 g/mol. The van der Waals surface area contributed by atoms with Crippen LogP contribution in [0.25, 0.3) is 0 Å². The van der Waals surface area contributed by atoms with Gasteiger partial charge in [-0.15, -0.1) is 12.4 Å². The van der Waals surface area contributed by atoms with Crippen molar-refractivity contribution in [1.29, 1.82) is 0 Å². The Morgan fingerprint density at radius 3 is 2.62 bits per heavy atom. The standard InChI is InChI=1S/C6H12N4O2.ClH/c7-6-5-10(8-12-6)9-1-3-11-4-2-9;/h5,8H,1-4,7H2;1H. The van der Waals surface area contributed by atoms with E-state index in [0.717, 1.165) is 26.3 Å². The summed E-state index contributed by atoms with van der Waals surface area (Å²) in [5.74, 6) is 0.376. The van der Waals surface area contributed by atoms with E-state index >= 15 is 0 Å². The van der Waals surface area contributed by atoms with Crippen LogP contribution in [0.3, 0.4) is 0 Å². The van der Waals surface area contributed by atoms with E-state index in [4.69, 9.17) is 15.3 Å². The van der Waals surface area contributed by atoms with Crippen LogP contribution in [0.4, 0.5) is 0 Å². The SMILES string of the molecule is Cl.NC1=CN(N2CCOCC2)NO1. The molecule has 0 aliphatic carbocycles. The summed E-state index contributed by atoms with van der Waals surface area (Å²) in [5, 5.41) is 3.79. The summed E-state index contributed by atoms with van der Waals surface area (Å²) >= 11 is 0. The van der Waals surface area contributed by atoms with Gasteiger partial charge in [-0.25, -0.2) is 5.12 Å². The minimum Gasteiger partial charge on any atom is -0.379 e. The maximum atomic E-state index is 5.41. The molecule has 1 fully saturated rings. The van der Waals surface area contributed by atoms with Crippen LogP contribution < -0.4 is 11.3 Å². The Kier molecular flexibility index (Phi) is 3.61. The topological polar surface area (TPSA) is 63.0 Å². The van der Waals surface area contributed by atoms with E-state index in [0.29, 0.717) is 5.88 Å². The second-order valence-electron chi connectivity index (χ2n) is 2.64. The van der Waals surface area contributed by atoms with Crippen LogP contribution in [0.2, 0.25) is 0 Å². The molecule has 2 rings (SSSR count). The molecule has 6 nitrogen and oxygen atoms in total. The van der Waals surface area contributed by atoms with Crippen molar-refractivity contribution >= 4 is 12.4 Å². The third kappa shape index (κ3) is 2.38. The van der Waals surface area contributed by atoms with E-state index in [1.165, 1.54) is 0 Å². The second kappa shape index (κ2) is 4.52. The van der Waals surface area contributed by atoms with Gasteiger partial charge in [0, 0.05) is 13.1 Å². The lowest BCUT2D eigenvalue weighted by Gasteiger charge is -2.32. The van der Waals surface area contributed by atoms with Crippen molar-refractivity contribution < 1.29 is 9.57 Å². The predicted octanol–water partition coefficient (Wildman–Crippen LogP) is -0.835. The molecule has 2 aliphatic heterocycles. The third-order valence-corrected chi connectivity index (χ3v) is 1.80. The number of hydrogen-bond acceptors (Lipinski definition) is 6. The highest BCUT2D eigenvalue weighted by atomic mass is 35.5. The van der Waals surface area contributed by atoms with Crippen LogP contribution in [0.15, 0.2) is 12.1 Å². The van der Waals surface area contributed by atoms with Crippen LogP contribution in [0.5, 0.6) is 0 Å². The molecule has 7 heteroatoms. The van der Waals surface area contributed by atoms with Crippen molar-refractivity contribution in [3.8, 4) is 0 Å². The van der Waals surface area contributed by atoms with Crippen molar-refractivity contribution in [2.24, 2.45) is 5.73 Å². The van der Waals surface area contributed by atoms with Crippen LogP contribution in [-0.4, -0.2) is 36.4 Å². The molecule has 0 atom stereocenters.